The van der Waals surface area contributed by atoms with E-state index in [-0.39, 0.29) is 12.4 Å². The zero-order chi connectivity index (χ0) is 12.8. The van der Waals surface area contributed by atoms with E-state index < -0.39 is 0 Å². The summed E-state index contributed by atoms with van der Waals surface area (Å²) < 4.78 is 5.22. The van der Waals surface area contributed by atoms with Gasteiger partial charge >= 0.3 is 0 Å². The van der Waals surface area contributed by atoms with Crippen LogP contribution in [0.3, 0.4) is 0 Å². The van der Waals surface area contributed by atoms with Gasteiger partial charge in [0, 0.05) is 25.5 Å². The van der Waals surface area contributed by atoms with Crippen molar-refractivity contribution in [2.24, 2.45) is 5.92 Å². The minimum absolute atomic E-state index is 0. The Balaban J connectivity index is 0.00000180. The molecule has 1 atom stereocenters. The molecule has 0 aromatic carbocycles. The van der Waals surface area contributed by atoms with Crippen LogP contribution in [0.2, 0.25) is 0 Å². The Morgan fingerprint density at radius 2 is 2.21 bits per heavy atom. The molecule has 1 saturated heterocycles. The van der Waals surface area contributed by atoms with Gasteiger partial charge in [0.15, 0.2) is 0 Å². The minimum atomic E-state index is 0. The van der Waals surface area contributed by atoms with Gasteiger partial charge in [-0.2, -0.15) is 0 Å². The van der Waals surface area contributed by atoms with Crippen LogP contribution in [0.15, 0.2) is 12.4 Å². The molecular weight excluding hydrogens is 264 g/mol. The van der Waals surface area contributed by atoms with Gasteiger partial charge < -0.3 is 15.0 Å². The van der Waals surface area contributed by atoms with E-state index in [1.807, 2.05) is 0 Å². The molecule has 0 amide bonds. The first-order chi connectivity index (χ1) is 8.79. The van der Waals surface area contributed by atoms with Crippen molar-refractivity contribution in [3.8, 4) is 5.88 Å². The lowest BCUT2D eigenvalue weighted by atomic mass is 9.99. The smallest absolute Gasteiger partial charge is 0.236 e. The Morgan fingerprint density at radius 3 is 2.89 bits per heavy atom. The maximum atomic E-state index is 5.22. The normalized spacial score (nSPS) is 19.0. The average Bonchev–Trinajstić information content (AvgIpc) is 2.40. The number of nitrogens with one attached hydrogen (secondary N) is 1. The van der Waals surface area contributed by atoms with E-state index >= 15 is 0 Å². The molecule has 1 aliphatic rings. The highest BCUT2D eigenvalue weighted by Gasteiger charge is 2.16. The number of halogens is 1. The molecule has 0 radical (unpaired) electrons. The van der Waals surface area contributed by atoms with Crippen molar-refractivity contribution < 1.29 is 4.74 Å². The second-order valence-corrected chi connectivity index (χ2v) is 4.92. The predicted molar refractivity (Wildman–Crippen MR) is 77.8 cm³/mol. The monoisotopic (exact) mass is 286 g/mol. The zero-order valence-corrected chi connectivity index (χ0v) is 12.4. The molecule has 0 bridgehead atoms. The molecule has 1 fully saturated rings. The van der Waals surface area contributed by atoms with Crippen molar-refractivity contribution in [3.63, 3.8) is 0 Å². The molecule has 6 heteroatoms. The lowest BCUT2D eigenvalue weighted by Gasteiger charge is -2.27. The molecule has 1 unspecified atom stereocenters. The molecule has 2 rings (SSSR count). The van der Waals surface area contributed by atoms with Gasteiger partial charge in [0.2, 0.25) is 5.88 Å². The lowest BCUT2D eigenvalue weighted by Crippen LogP contribution is -2.36. The summed E-state index contributed by atoms with van der Waals surface area (Å²) >= 11 is 0. The van der Waals surface area contributed by atoms with E-state index in [0.717, 1.165) is 37.8 Å². The van der Waals surface area contributed by atoms with Crippen molar-refractivity contribution in [2.75, 3.05) is 33.8 Å². The van der Waals surface area contributed by atoms with Crippen LogP contribution in [0.5, 0.6) is 5.88 Å². The highest BCUT2D eigenvalue weighted by atomic mass is 35.5. The maximum Gasteiger partial charge on any atom is 0.236 e. The van der Waals surface area contributed by atoms with Gasteiger partial charge in [0.25, 0.3) is 0 Å². The number of hydrogen-bond acceptors (Lipinski definition) is 5. The van der Waals surface area contributed by atoms with Crippen LogP contribution in [0.25, 0.3) is 0 Å². The van der Waals surface area contributed by atoms with Crippen molar-refractivity contribution in [1.29, 1.82) is 0 Å². The van der Waals surface area contributed by atoms with E-state index in [1.165, 1.54) is 12.8 Å². The zero-order valence-electron chi connectivity index (χ0n) is 11.6. The minimum Gasteiger partial charge on any atom is -0.480 e. The average molecular weight is 287 g/mol. The van der Waals surface area contributed by atoms with E-state index in [2.05, 4.69) is 27.2 Å². The highest BCUT2D eigenvalue weighted by molar-refractivity contribution is 5.85. The van der Waals surface area contributed by atoms with E-state index in [0.29, 0.717) is 5.88 Å². The predicted octanol–water partition coefficient (Wildman–Crippen LogP) is 1.34. The summed E-state index contributed by atoms with van der Waals surface area (Å²) in [6.07, 6.45) is 5.98. The molecule has 1 N–H and O–H groups in total. The van der Waals surface area contributed by atoms with Gasteiger partial charge in [-0.05, 0) is 38.9 Å². The first kappa shape index (κ1) is 16.1. The lowest BCUT2D eigenvalue weighted by molar-refractivity contribution is 0.232. The third-order valence-electron chi connectivity index (χ3n) is 3.32. The second kappa shape index (κ2) is 8.30. The Morgan fingerprint density at radius 1 is 1.42 bits per heavy atom. The van der Waals surface area contributed by atoms with Gasteiger partial charge in [-0.3, -0.25) is 4.98 Å². The summed E-state index contributed by atoms with van der Waals surface area (Å²) in [5.74, 6) is 1.37. The van der Waals surface area contributed by atoms with Crippen LogP contribution >= 0.6 is 12.4 Å². The fourth-order valence-corrected chi connectivity index (χ4v) is 2.47. The number of aromatic nitrogens is 2. The Kier molecular flexibility index (Phi) is 7.05. The molecule has 5 nitrogen and oxygen atoms in total. The van der Waals surface area contributed by atoms with Crippen LogP contribution in [0.1, 0.15) is 18.5 Å². The van der Waals surface area contributed by atoms with E-state index in [4.69, 9.17) is 4.74 Å². The Hall–Kier alpha value is -0.910. The van der Waals surface area contributed by atoms with E-state index in [9.17, 15) is 0 Å². The van der Waals surface area contributed by atoms with Gasteiger partial charge in [0.1, 0.15) is 5.69 Å². The molecule has 19 heavy (non-hydrogen) atoms. The molecule has 1 aliphatic heterocycles. The largest absolute Gasteiger partial charge is 0.480 e. The fraction of sp³-hybridized carbons (Fsp3) is 0.692. The first-order valence-corrected chi connectivity index (χ1v) is 6.52. The number of methoxy groups -OCH3 is 1. The molecule has 1 aromatic heterocycles. The number of rotatable bonds is 5. The fourth-order valence-electron chi connectivity index (χ4n) is 2.47. The topological polar surface area (TPSA) is 50.3 Å². The maximum absolute atomic E-state index is 5.22. The van der Waals surface area contributed by atoms with Gasteiger partial charge in [-0.25, -0.2) is 4.98 Å². The first-order valence-electron chi connectivity index (χ1n) is 6.52. The molecular formula is C13H23ClN4O. The Bertz CT molecular complexity index is 371. The summed E-state index contributed by atoms with van der Waals surface area (Å²) in [5.41, 5.74) is 0.909. The Labute approximate surface area is 121 Å². The summed E-state index contributed by atoms with van der Waals surface area (Å²) in [5, 5.41) is 3.45. The van der Waals surface area contributed by atoms with Gasteiger partial charge in [-0.15, -0.1) is 12.4 Å². The van der Waals surface area contributed by atoms with Crippen LogP contribution in [0, 0.1) is 5.92 Å². The molecule has 108 valence electrons. The van der Waals surface area contributed by atoms with Crippen molar-refractivity contribution in [1.82, 2.24) is 20.2 Å². The number of hydrogen-bond donors (Lipinski definition) is 1. The SMILES string of the molecule is COc1nccnc1CN(C)CC1CCCNC1.Cl. The summed E-state index contributed by atoms with van der Waals surface area (Å²) in [6, 6.07) is 0. The van der Waals surface area contributed by atoms with Crippen molar-refractivity contribution in [2.45, 2.75) is 19.4 Å². The molecule has 0 saturated carbocycles. The number of ether oxygens (including phenoxy) is 1. The summed E-state index contributed by atoms with van der Waals surface area (Å²) in [4.78, 5) is 10.8. The van der Waals surface area contributed by atoms with Crippen LogP contribution in [0.4, 0.5) is 0 Å². The summed E-state index contributed by atoms with van der Waals surface area (Å²) in [7, 11) is 3.77. The number of nitrogens with zero attached hydrogens (tertiary/aromatic N) is 3. The van der Waals surface area contributed by atoms with Crippen molar-refractivity contribution >= 4 is 12.4 Å². The van der Waals surface area contributed by atoms with Crippen LogP contribution in [-0.4, -0.2) is 48.7 Å². The van der Waals surface area contributed by atoms with Crippen molar-refractivity contribution in [3.05, 3.63) is 18.1 Å². The molecule has 0 spiro atoms. The summed E-state index contributed by atoms with van der Waals surface area (Å²) in [6.45, 7) is 4.17. The third-order valence-corrected chi connectivity index (χ3v) is 3.32. The van der Waals surface area contributed by atoms with Gasteiger partial charge in [0.05, 0.1) is 7.11 Å². The number of piperidine rings is 1. The molecule has 2 heterocycles. The second-order valence-electron chi connectivity index (χ2n) is 4.92. The van der Waals surface area contributed by atoms with Crippen LogP contribution < -0.4 is 10.1 Å². The standard InChI is InChI=1S/C13H22N4O.ClH/c1-17(9-11-4-3-5-14-8-11)10-12-13(18-2)16-7-6-15-12;/h6-7,11,14H,3-5,8-10H2,1-2H3;1H. The molecule has 1 aromatic rings. The quantitative estimate of drug-likeness (QED) is 0.885. The van der Waals surface area contributed by atoms with Gasteiger partial charge in [-0.1, -0.05) is 0 Å². The third kappa shape index (κ3) is 4.93. The molecule has 0 aliphatic carbocycles. The van der Waals surface area contributed by atoms with E-state index in [1.54, 1.807) is 19.5 Å². The van der Waals surface area contributed by atoms with Crippen LogP contribution in [-0.2, 0) is 6.54 Å². The highest BCUT2D eigenvalue weighted by Crippen LogP contribution is 2.15.